The van der Waals surface area contributed by atoms with E-state index in [4.69, 9.17) is 9.15 Å². The fourth-order valence-electron chi connectivity index (χ4n) is 4.16. The molecule has 0 N–H and O–H groups in total. The number of carbonyl (C=O) groups excluding carboxylic acids is 1. The summed E-state index contributed by atoms with van der Waals surface area (Å²) in [6.45, 7) is 0.936. The molecule has 9 heteroatoms. The van der Waals surface area contributed by atoms with Gasteiger partial charge >= 0.3 is 0 Å². The molecule has 31 heavy (non-hydrogen) atoms. The van der Waals surface area contributed by atoms with Gasteiger partial charge in [-0.1, -0.05) is 18.2 Å². The van der Waals surface area contributed by atoms with Crippen LogP contribution in [0.4, 0.5) is 0 Å². The molecule has 1 atom stereocenters. The number of furan rings is 1. The van der Waals surface area contributed by atoms with Crippen LogP contribution < -0.4 is 4.74 Å². The molecule has 1 aromatic carbocycles. The van der Waals surface area contributed by atoms with Gasteiger partial charge < -0.3 is 14.1 Å². The highest BCUT2D eigenvalue weighted by molar-refractivity contribution is 7.89. The van der Waals surface area contributed by atoms with Crippen molar-refractivity contribution in [1.29, 1.82) is 0 Å². The molecule has 4 heterocycles. The van der Waals surface area contributed by atoms with E-state index in [1.54, 1.807) is 59.6 Å². The molecule has 2 aliphatic heterocycles. The van der Waals surface area contributed by atoms with Crippen LogP contribution in [-0.4, -0.2) is 53.7 Å². The summed E-state index contributed by atoms with van der Waals surface area (Å²) in [5.41, 5.74) is -0.224. The van der Waals surface area contributed by atoms with Gasteiger partial charge in [0, 0.05) is 19.2 Å². The van der Waals surface area contributed by atoms with Gasteiger partial charge in [0.1, 0.15) is 16.2 Å². The molecule has 2 aliphatic rings. The molecular weight excluding hydrogens is 418 g/mol. The van der Waals surface area contributed by atoms with Crippen molar-refractivity contribution in [2.45, 2.75) is 23.5 Å². The molecule has 0 unspecified atom stereocenters. The average Bonchev–Trinajstić information content (AvgIpc) is 3.43. The summed E-state index contributed by atoms with van der Waals surface area (Å²) in [5.74, 6) is 0.324. The maximum atomic E-state index is 13.5. The SMILES string of the molecule is O=C(c1ccco1)N1CC[C@]2(C1)CN(Cc1ccccn1)S(=O)(=O)c1ccccc1O2. The summed E-state index contributed by atoms with van der Waals surface area (Å²) in [5, 5.41) is 0. The summed E-state index contributed by atoms with van der Waals surface area (Å²) >= 11 is 0. The predicted molar refractivity (Wildman–Crippen MR) is 111 cm³/mol. The lowest BCUT2D eigenvalue weighted by Gasteiger charge is -2.31. The number of rotatable bonds is 3. The van der Waals surface area contributed by atoms with Crippen molar-refractivity contribution in [3.8, 4) is 5.75 Å². The van der Waals surface area contributed by atoms with Crippen molar-refractivity contribution in [3.05, 3.63) is 78.5 Å². The second-order valence-corrected chi connectivity index (χ2v) is 9.69. The molecule has 1 fully saturated rings. The van der Waals surface area contributed by atoms with Crippen LogP contribution in [0.3, 0.4) is 0 Å². The number of aromatic nitrogens is 1. The van der Waals surface area contributed by atoms with E-state index >= 15 is 0 Å². The normalized spacial score (nSPS) is 22.6. The van der Waals surface area contributed by atoms with Crippen LogP contribution >= 0.6 is 0 Å². The Balaban J connectivity index is 1.51. The highest BCUT2D eigenvalue weighted by Gasteiger charge is 2.49. The zero-order chi connectivity index (χ0) is 21.5. The lowest BCUT2D eigenvalue weighted by molar-refractivity contribution is 0.0496. The standard InChI is InChI=1S/C22H21N3O5S/c26-21(19-8-5-13-29-19)24-12-10-22(15-24)16-25(14-17-6-3-4-11-23-17)31(27,28)20-9-2-1-7-18(20)30-22/h1-9,11,13H,10,12,14-16H2/t22-/m0/s1. The van der Waals surface area contributed by atoms with E-state index in [2.05, 4.69) is 4.98 Å². The molecule has 0 aliphatic carbocycles. The molecule has 0 saturated carbocycles. The van der Waals surface area contributed by atoms with Crippen molar-refractivity contribution >= 4 is 15.9 Å². The number of para-hydroxylation sites is 1. The quantitative estimate of drug-likeness (QED) is 0.623. The van der Waals surface area contributed by atoms with Gasteiger partial charge in [-0.25, -0.2) is 8.42 Å². The average molecular weight is 439 g/mol. The number of amides is 1. The van der Waals surface area contributed by atoms with E-state index in [9.17, 15) is 13.2 Å². The van der Waals surface area contributed by atoms with Gasteiger partial charge in [-0.15, -0.1) is 0 Å². The van der Waals surface area contributed by atoms with E-state index in [1.807, 2.05) is 6.07 Å². The van der Waals surface area contributed by atoms with E-state index < -0.39 is 15.6 Å². The number of pyridine rings is 1. The molecular formula is C22H21N3O5S. The molecule has 5 rings (SSSR count). The van der Waals surface area contributed by atoms with Crippen LogP contribution in [-0.2, 0) is 16.6 Å². The molecule has 1 saturated heterocycles. The summed E-state index contributed by atoms with van der Waals surface area (Å²) in [6, 6.07) is 15.3. The summed E-state index contributed by atoms with van der Waals surface area (Å²) in [6.07, 6.45) is 3.60. The van der Waals surface area contributed by atoms with Gasteiger partial charge in [-0.05, 0) is 36.4 Å². The highest BCUT2D eigenvalue weighted by atomic mass is 32.2. The maximum Gasteiger partial charge on any atom is 0.289 e. The lowest BCUT2D eigenvalue weighted by Crippen LogP contribution is -2.49. The lowest BCUT2D eigenvalue weighted by atomic mass is 10.0. The van der Waals surface area contributed by atoms with Crippen molar-refractivity contribution in [1.82, 2.24) is 14.2 Å². The van der Waals surface area contributed by atoms with E-state index in [-0.39, 0.29) is 36.2 Å². The Kier molecular flexibility index (Phi) is 4.79. The number of hydrogen-bond acceptors (Lipinski definition) is 6. The number of fused-ring (bicyclic) bond motifs is 1. The third-order valence-corrected chi connectivity index (χ3v) is 7.49. The van der Waals surface area contributed by atoms with Crippen LogP contribution in [0.2, 0.25) is 0 Å². The van der Waals surface area contributed by atoms with Crippen LogP contribution in [0.25, 0.3) is 0 Å². The number of ether oxygens (including phenoxy) is 1. The Morgan fingerprint density at radius 1 is 1.06 bits per heavy atom. The zero-order valence-corrected chi connectivity index (χ0v) is 17.5. The minimum Gasteiger partial charge on any atom is -0.483 e. The minimum atomic E-state index is -3.82. The number of nitrogens with zero attached hydrogens (tertiary/aromatic N) is 3. The smallest absolute Gasteiger partial charge is 0.289 e. The molecule has 0 bridgehead atoms. The molecule has 8 nitrogen and oxygen atoms in total. The zero-order valence-electron chi connectivity index (χ0n) is 16.7. The monoisotopic (exact) mass is 439 g/mol. The van der Waals surface area contributed by atoms with Crippen molar-refractivity contribution in [3.63, 3.8) is 0 Å². The Morgan fingerprint density at radius 3 is 2.68 bits per heavy atom. The van der Waals surface area contributed by atoms with E-state index in [0.29, 0.717) is 24.4 Å². The van der Waals surface area contributed by atoms with Gasteiger partial charge in [0.05, 0.1) is 31.6 Å². The van der Waals surface area contributed by atoms with Crippen LogP contribution in [0.1, 0.15) is 22.7 Å². The van der Waals surface area contributed by atoms with Crippen molar-refractivity contribution in [2.75, 3.05) is 19.6 Å². The van der Waals surface area contributed by atoms with E-state index in [1.165, 1.54) is 10.6 Å². The fourth-order valence-corrected chi connectivity index (χ4v) is 5.76. The Morgan fingerprint density at radius 2 is 1.90 bits per heavy atom. The first-order chi connectivity index (χ1) is 15.0. The van der Waals surface area contributed by atoms with Crippen LogP contribution in [0.15, 0.2) is 76.4 Å². The largest absolute Gasteiger partial charge is 0.483 e. The molecule has 0 radical (unpaired) electrons. The Hall–Kier alpha value is -3.17. The molecule has 1 amide bonds. The van der Waals surface area contributed by atoms with Crippen molar-refractivity contribution < 1.29 is 22.4 Å². The number of hydrogen-bond donors (Lipinski definition) is 0. The van der Waals surface area contributed by atoms with Gasteiger partial charge in [0.2, 0.25) is 10.0 Å². The van der Waals surface area contributed by atoms with E-state index in [0.717, 1.165) is 0 Å². The summed E-state index contributed by atoms with van der Waals surface area (Å²) in [7, 11) is -3.82. The highest BCUT2D eigenvalue weighted by Crippen LogP contribution is 2.39. The fraction of sp³-hybridized carbons (Fsp3) is 0.273. The van der Waals surface area contributed by atoms with Crippen molar-refractivity contribution in [2.24, 2.45) is 0 Å². The van der Waals surface area contributed by atoms with Gasteiger partial charge in [0.25, 0.3) is 5.91 Å². The summed E-state index contributed by atoms with van der Waals surface area (Å²) < 4.78 is 40.0. The minimum absolute atomic E-state index is 0.114. The van der Waals surface area contributed by atoms with Gasteiger partial charge in [-0.3, -0.25) is 9.78 Å². The molecule has 3 aromatic rings. The third-order valence-electron chi connectivity index (χ3n) is 5.66. The number of sulfonamides is 1. The topological polar surface area (TPSA) is 93.0 Å². The van der Waals surface area contributed by atoms with Crippen LogP contribution in [0, 0.1) is 0 Å². The Labute approximate surface area is 180 Å². The second kappa shape index (κ2) is 7.51. The molecule has 1 spiro atoms. The van der Waals surface area contributed by atoms with Gasteiger partial charge in [-0.2, -0.15) is 4.31 Å². The maximum absolute atomic E-state index is 13.5. The first-order valence-corrected chi connectivity index (χ1v) is 11.4. The first kappa shape index (κ1) is 19.8. The first-order valence-electron chi connectivity index (χ1n) is 9.98. The number of carbonyl (C=O) groups is 1. The molecule has 2 aromatic heterocycles. The van der Waals surface area contributed by atoms with Crippen LogP contribution in [0.5, 0.6) is 5.75 Å². The predicted octanol–water partition coefficient (Wildman–Crippen LogP) is 2.54. The number of benzene rings is 1. The third kappa shape index (κ3) is 3.60. The molecule has 160 valence electrons. The number of likely N-dealkylation sites (tertiary alicyclic amines) is 1. The summed E-state index contributed by atoms with van der Waals surface area (Å²) in [4.78, 5) is 18.9. The van der Waals surface area contributed by atoms with Gasteiger partial charge in [0.15, 0.2) is 5.76 Å². The Bertz CT molecular complexity index is 1200. The second-order valence-electron chi connectivity index (χ2n) is 7.78.